The summed E-state index contributed by atoms with van der Waals surface area (Å²) in [5, 5.41) is 4.89. The van der Waals surface area contributed by atoms with E-state index < -0.39 is 21.9 Å². The summed E-state index contributed by atoms with van der Waals surface area (Å²) in [4.78, 5) is 25.1. The summed E-state index contributed by atoms with van der Waals surface area (Å²) in [5.41, 5.74) is 3.27. The zero-order valence-corrected chi connectivity index (χ0v) is 22.9. The monoisotopic (exact) mass is 601 g/mol. The summed E-state index contributed by atoms with van der Waals surface area (Å²) in [5.74, 6) is -1.00. The summed E-state index contributed by atoms with van der Waals surface area (Å²) in [7, 11) is -3.96. The number of halogens is 3. The van der Waals surface area contributed by atoms with Gasteiger partial charge in [-0.05, 0) is 84.4 Å². The van der Waals surface area contributed by atoms with Crippen molar-refractivity contribution in [1.82, 2.24) is 5.43 Å². The Morgan fingerprint density at radius 3 is 2.15 bits per heavy atom. The van der Waals surface area contributed by atoms with Gasteiger partial charge in [0.05, 0.1) is 32.9 Å². The minimum atomic E-state index is -3.96. The summed E-state index contributed by atoms with van der Waals surface area (Å²) in [6, 6.07) is 22.5. The Bertz CT molecular complexity index is 1660. The Hall–Kier alpha value is -3.89. The van der Waals surface area contributed by atoms with Crippen LogP contribution in [-0.4, -0.2) is 26.5 Å². The van der Waals surface area contributed by atoms with Gasteiger partial charge in [-0.25, -0.2) is 18.6 Å². The Balaban J connectivity index is 1.39. The van der Waals surface area contributed by atoms with Crippen molar-refractivity contribution >= 4 is 68.6 Å². The van der Waals surface area contributed by atoms with Gasteiger partial charge in [-0.2, -0.15) is 5.10 Å². The number of anilines is 1. The van der Waals surface area contributed by atoms with Crippen molar-refractivity contribution in [3.05, 3.63) is 123 Å². The van der Waals surface area contributed by atoms with Crippen LogP contribution in [0.2, 0.25) is 15.1 Å². The molecule has 0 heterocycles. The van der Waals surface area contributed by atoms with Crippen LogP contribution < -0.4 is 14.9 Å². The van der Waals surface area contributed by atoms with Crippen molar-refractivity contribution < 1.29 is 22.7 Å². The van der Waals surface area contributed by atoms with E-state index in [0.29, 0.717) is 15.6 Å². The minimum absolute atomic E-state index is 0.00878. The molecule has 8 nitrogen and oxygen atoms in total. The molecule has 0 saturated carbocycles. The van der Waals surface area contributed by atoms with Crippen molar-refractivity contribution in [3.8, 4) is 5.75 Å². The predicted molar refractivity (Wildman–Crippen MR) is 152 cm³/mol. The van der Waals surface area contributed by atoms with Gasteiger partial charge in [0, 0.05) is 10.0 Å². The number of esters is 1. The first kappa shape index (κ1) is 28.1. The molecular weight excluding hydrogens is 585 g/mol. The van der Waals surface area contributed by atoms with Gasteiger partial charge in [-0.1, -0.05) is 46.9 Å². The second-order valence-electron chi connectivity index (χ2n) is 7.89. The fourth-order valence-electron chi connectivity index (χ4n) is 3.25. The largest absolute Gasteiger partial charge is 0.423 e. The van der Waals surface area contributed by atoms with Crippen LogP contribution in [0, 0.1) is 0 Å². The van der Waals surface area contributed by atoms with Gasteiger partial charge in [-0.15, -0.1) is 0 Å². The molecule has 0 aliphatic rings. The lowest BCUT2D eigenvalue weighted by Crippen LogP contribution is -2.21. The molecule has 4 aromatic carbocycles. The van der Waals surface area contributed by atoms with E-state index >= 15 is 0 Å². The summed E-state index contributed by atoms with van der Waals surface area (Å²) < 4.78 is 33.2. The highest BCUT2D eigenvalue weighted by atomic mass is 35.5. The van der Waals surface area contributed by atoms with E-state index in [1.165, 1.54) is 60.8 Å². The van der Waals surface area contributed by atoms with E-state index in [1.54, 1.807) is 36.4 Å². The van der Waals surface area contributed by atoms with Crippen LogP contribution in [0.5, 0.6) is 5.75 Å². The second-order valence-corrected chi connectivity index (χ2v) is 10.8. The predicted octanol–water partition coefficient (Wildman–Crippen LogP) is 6.43. The van der Waals surface area contributed by atoms with Crippen molar-refractivity contribution in [1.29, 1.82) is 0 Å². The Labute approximate surface area is 239 Å². The number of benzene rings is 4. The molecule has 1 amide bonds. The fourth-order valence-corrected chi connectivity index (χ4v) is 4.94. The molecule has 0 spiro atoms. The van der Waals surface area contributed by atoms with Gasteiger partial charge in [0.1, 0.15) is 5.75 Å². The highest BCUT2D eigenvalue weighted by molar-refractivity contribution is 7.92. The first-order valence-electron chi connectivity index (χ1n) is 11.1. The number of nitrogens with one attached hydrogen (secondary N) is 2. The highest BCUT2D eigenvalue weighted by Crippen LogP contribution is 2.24. The Morgan fingerprint density at radius 2 is 1.46 bits per heavy atom. The third kappa shape index (κ3) is 7.36. The average Bonchev–Trinajstić information content (AvgIpc) is 2.90. The Morgan fingerprint density at radius 1 is 0.795 bits per heavy atom. The quantitative estimate of drug-likeness (QED) is 0.104. The third-order valence-electron chi connectivity index (χ3n) is 5.16. The third-order valence-corrected chi connectivity index (χ3v) is 7.34. The molecule has 0 bridgehead atoms. The SMILES string of the molecule is O=C(Oc1ccc(/C=N/NC(=O)c2ccccc2NS(=O)(=O)c2ccc(Cl)cc2)cc1)c1ccc(Cl)cc1Cl. The summed E-state index contributed by atoms with van der Waals surface area (Å²) in [6.07, 6.45) is 1.38. The number of hydrogen-bond donors (Lipinski definition) is 2. The smallest absolute Gasteiger partial charge is 0.345 e. The number of carbonyl (C=O) groups is 2. The van der Waals surface area contributed by atoms with Gasteiger partial charge in [-0.3, -0.25) is 9.52 Å². The van der Waals surface area contributed by atoms with Crippen LogP contribution in [0.15, 0.2) is 101 Å². The van der Waals surface area contributed by atoms with E-state index in [-0.39, 0.29) is 32.5 Å². The normalized spacial score (nSPS) is 11.3. The number of nitrogens with zero attached hydrogens (tertiary/aromatic N) is 1. The van der Waals surface area contributed by atoms with Crippen molar-refractivity contribution in [2.24, 2.45) is 5.10 Å². The standard InChI is InChI=1S/C27H18Cl3N3O5S/c28-18-7-12-21(13-8-18)39(36,37)33-25-4-2-1-3-23(25)26(34)32-31-16-17-5-10-20(11-6-17)38-27(35)22-14-9-19(29)15-24(22)30/h1-16,33H,(H,32,34)/b31-16+. The highest BCUT2D eigenvalue weighted by Gasteiger charge is 2.18. The van der Waals surface area contributed by atoms with Gasteiger partial charge >= 0.3 is 5.97 Å². The van der Waals surface area contributed by atoms with Gasteiger partial charge in [0.2, 0.25) is 0 Å². The molecule has 4 rings (SSSR count). The molecule has 2 N–H and O–H groups in total. The van der Waals surface area contributed by atoms with Crippen LogP contribution in [0.4, 0.5) is 5.69 Å². The lowest BCUT2D eigenvalue weighted by molar-refractivity contribution is 0.0734. The lowest BCUT2D eigenvalue weighted by atomic mass is 10.2. The second kappa shape index (κ2) is 12.3. The van der Waals surface area contributed by atoms with Gasteiger partial charge in [0.25, 0.3) is 15.9 Å². The van der Waals surface area contributed by atoms with Crippen molar-refractivity contribution in [2.45, 2.75) is 4.90 Å². The lowest BCUT2D eigenvalue weighted by Gasteiger charge is -2.11. The van der Waals surface area contributed by atoms with Gasteiger partial charge < -0.3 is 4.74 Å². The van der Waals surface area contributed by atoms with E-state index in [1.807, 2.05) is 0 Å². The zero-order valence-electron chi connectivity index (χ0n) is 19.8. The number of rotatable bonds is 8. The molecule has 4 aromatic rings. The molecule has 39 heavy (non-hydrogen) atoms. The zero-order chi connectivity index (χ0) is 28.0. The molecular formula is C27H18Cl3N3O5S. The molecule has 0 radical (unpaired) electrons. The number of para-hydroxylation sites is 1. The molecule has 198 valence electrons. The first-order valence-corrected chi connectivity index (χ1v) is 13.7. The van der Waals surface area contributed by atoms with E-state index in [2.05, 4.69) is 15.2 Å². The van der Waals surface area contributed by atoms with Crippen LogP contribution >= 0.6 is 34.8 Å². The number of sulfonamides is 1. The molecule has 12 heteroatoms. The molecule has 0 aliphatic carbocycles. The van der Waals surface area contributed by atoms with Crippen LogP contribution in [0.1, 0.15) is 26.3 Å². The molecule has 0 atom stereocenters. The topological polar surface area (TPSA) is 114 Å². The number of hydrazone groups is 1. The maximum atomic E-state index is 12.7. The van der Waals surface area contributed by atoms with Gasteiger partial charge in [0.15, 0.2) is 0 Å². The van der Waals surface area contributed by atoms with E-state index in [0.717, 1.165) is 0 Å². The number of hydrogen-bond acceptors (Lipinski definition) is 6. The molecule has 0 fully saturated rings. The number of amides is 1. The van der Waals surface area contributed by atoms with Crippen LogP contribution in [-0.2, 0) is 10.0 Å². The summed E-state index contributed by atoms with van der Waals surface area (Å²) in [6.45, 7) is 0. The van der Waals surface area contributed by atoms with Crippen LogP contribution in [0.3, 0.4) is 0 Å². The number of ether oxygens (including phenoxy) is 1. The molecule has 0 aromatic heterocycles. The maximum absolute atomic E-state index is 12.7. The summed E-state index contributed by atoms with van der Waals surface area (Å²) >= 11 is 17.7. The van der Waals surface area contributed by atoms with Crippen LogP contribution in [0.25, 0.3) is 0 Å². The Kier molecular flexibility index (Phi) is 8.88. The first-order chi connectivity index (χ1) is 18.6. The van der Waals surface area contributed by atoms with E-state index in [9.17, 15) is 18.0 Å². The molecule has 0 saturated heterocycles. The van der Waals surface area contributed by atoms with Crippen molar-refractivity contribution in [3.63, 3.8) is 0 Å². The molecule has 0 aliphatic heterocycles. The molecule has 0 unspecified atom stereocenters. The van der Waals surface area contributed by atoms with E-state index in [4.69, 9.17) is 39.5 Å². The fraction of sp³-hybridized carbons (Fsp3) is 0. The minimum Gasteiger partial charge on any atom is -0.423 e. The maximum Gasteiger partial charge on any atom is 0.345 e. The number of carbonyl (C=O) groups excluding carboxylic acids is 2. The van der Waals surface area contributed by atoms with Crippen molar-refractivity contribution in [2.75, 3.05) is 4.72 Å². The average molecular weight is 603 g/mol.